The van der Waals surface area contributed by atoms with Crippen molar-refractivity contribution in [3.63, 3.8) is 0 Å². The van der Waals surface area contributed by atoms with Crippen LogP contribution in [0.4, 0.5) is 0 Å². The van der Waals surface area contributed by atoms with E-state index in [4.69, 9.17) is 0 Å². The van der Waals surface area contributed by atoms with E-state index in [9.17, 15) is 0 Å². The predicted octanol–water partition coefficient (Wildman–Crippen LogP) is 1.56. The summed E-state index contributed by atoms with van der Waals surface area (Å²) < 4.78 is 2.16. The standard InChI is InChI=1S/C9H13N3/c1-2-4-6-9-11-10-8-12(9)7-5-3-1/h1-2,8H,3-7H2/b2-1-. The molecule has 64 valence electrons. The van der Waals surface area contributed by atoms with Crippen molar-refractivity contribution in [3.05, 3.63) is 24.3 Å². The first-order valence-corrected chi connectivity index (χ1v) is 4.48. The maximum absolute atomic E-state index is 4.08. The Morgan fingerprint density at radius 2 is 2.17 bits per heavy atom. The SMILES string of the molecule is C1=C\CCc2nncn2CCC/1. The highest BCUT2D eigenvalue weighted by atomic mass is 15.3. The summed E-state index contributed by atoms with van der Waals surface area (Å²) in [5, 5.41) is 7.99. The van der Waals surface area contributed by atoms with Crippen LogP contribution in [-0.4, -0.2) is 14.8 Å². The Bertz CT molecular complexity index is 275. The van der Waals surface area contributed by atoms with Crippen molar-refractivity contribution in [2.24, 2.45) is 0 Å². The molecule has 1 aliphatic heterocycles. The Morgan fingerprint density at radius 3 is 3.17 bits per heavy atom. The Balaban J connectivity index is 2.16. The minimum atomic E-state index is 1.02. The van der Waals surface area contributed by atoms with Crippen LogP contribution < -0.4 is 0 Å². The van der Waals surface area contributed by atoms with Crippen molar-refractivity contribution in [1.82, 2.24) is 14.8 Å². The van der Waals surface area contributed by atoms with Gasteiger partial charge in [-0.3, -0.25) is 0 Å². The fraction of sp³-hybridized carbons (Fsp3) is 0.556. The maximum Gasteiger partial charge on any atom is 0.133 e. The Labute approximate surface area is 72.1 Å². The molecule has 0 saturated heterocycles. The molecule has 0 aliphatic carbocycles. The fourth-order valence-electron chi connectivity index (χ4n) is 1.49. The van der Waals surface area contributed by atoms with Gasteiger partial charge in [-0.05, 0) is 19.3 Å². The molecule has 2 heterocycles. The lowest BCUT2D eigenvalue weighted by Crippen LogP contribution is -2.01. The van der Waals surface area contributed by atoms with Gasteiger partial charge in [0, 0.05) is 13.0 Å². The van der Waals surface area contributed by atoms with E-state index in [-0.39, 0.29) is 0 Å². The van der Waals surface area contributed by atoms with E-state index >= 15 is 0 Å². The summed E-state index contributed by atoms with van der Waals surface area (Å²) in [5.41, 5.74) is 0. The van der Waals surface area contributed by atoms with Gasteiger partial charge < -0.3 is 4.57 Å². The molecule has 3 nitrogen and oxygen atoms in total. The molecule has 0 unspecified atom stereocenters. The summed E-state index contributed by atoms with van der Waals surface area (Å²) in [5.74, 6) is 1.13. The molecule has 0 fully saturated rings. The van der Waals surface area contributed by atoms with E-state index in [2.05, 4.69) is 26.9 Å². The first kappa shape index (κ1) is 7.53. The number of hydrogen-bond acceptors (Lipinski definition) is 2. The smallest absolute Gasteiger partial charge is 0.133 e. The van der Waals surface area contributed by atoms with Gasteiger partial charge in [-0.2, -0.15) is 0 Å². The molecule has 1 aliphatic rings. The summed E-state index contributed by atoms with van der Waals surface area (Å²) in [4.78, 5) is 0. The van der Waals surface area contributed by atoms with Crippen LogP contribution in [0.1, 0.15) is 25.1 Å². The monoisotopic (exact) mass is 163 g/mol. The van der Waals surface area contributed by atoms with Crippen molar-refractivity contribution in [3.8, 4) is 0 Å². The number of hydrogen-bond donors (Lipinski definition) is 0. The largest absolute Gasteiger partial charge is 0.318 e. The number of nitrogens with zero attached hydrogens (tertiary/aromatic N) is 3. The third-order valence-electron chi connectivity index (χ3n) is 2.17. The van der Waals surface area contributed by atoms with Gasteiger partial charge in [0.25, 0.3) is 0 Å². The highest BCUT2D eigenvalue weighted by molar-refractivity contribution is 4.92. The van der Waals surface area contributed by atoms with Crippen molar-refractivity contribution < 1.29 is 0 Å². The van der Waals surface area contributed by atoms with E-state index in [1.165, 1.54) is 12.8 Å². The normalized spacial score (nSPS) is 20.3. The van der Waals surface area contributed by atoms with Crippen LogP contribution in [0.15, 0.2) is 18.5 Å². The number of rotatable bonds is 0. The predicted molar refractivity (Wildman–Crippen MR) is 46.7 cm³/mol. The zero-order valence-corrected chi connectivity index (χ0v) is 7.11. The third kappa shape index (κ3) is 1.55. The molecule has 2 rings (SSSR count). The van der Waals surface area contributed by atoms with E-state index in [1.54, 1.807) is 0 Å². The molecule has 0 spiro atoms. The second-order valence-corrected chi connectivity index (χ2v) is 3.09. The Morgan fingerprint density at radius 1 is 1.25 bits per heavy atom. The summed E-state index contributed by atoms with van der Waals surface area (Å²) in [6, 6.07) is 0. The van der Waals surface area contributed by atoms with E-state index in [1.807, 2.05) is 6.33 Å². The lowest BCUT2D eigenvalue weighted by atomic mass is 10.2. The van der Waals surface area contributed by atoms with E-state index < -0.39 is 0 Å². The highest BCUT2D eigenvalue weighted by Crippen LogP contribution is 2.06. The molecule has 12 heavy (non-hydrogen) atoms. The minimum Gasteiger partial charge on any atom is -0.318 e. The Kier molecular flexibility index (Phi) is 2.21. The molecule has 1 aromatic rings. The van der Waals surface area contributed by atoms with E-state index in [0.29, 0.717) is 0 Å². The second-order valence-electron chi connectivity index (χ2n) is 3.09. The van der Waals surface area contributed by atoms with Crippen LogP contribution in [-0.2, 0) is 13.0 Å². The minimum absolute atomic E-state index is 1.02. The third-order valence-corrected chi connectivity index (χ3v) is 2.17. The topological polar surface area (TPSA) is 30.7 Å². The summed E-state index contributed by atoms with van der Waals surface area (Å²) >= 11 is 0. The van der Waals surface area contributed by atoms with Crippen molar-refractivity contribution in [1.29, 1.82) is 0 Å². The number of aromatic nitrogens is 3. The zero-order valence-electron chi connectivity index (χ0n) is 7.11. The van der Waals surface area contributed by atoms with Crippen molar-refractivity contribution in [2.45, 2.75) is 32.2 Å². The number of aryl methyl sites for hydroxylation is 2. The van der Waals surface area contributed by atoms with Gasteiger partial charge in [0.05, 0.1) is 0 Å². The van der Waals surface area contributed by atoms with Crippen molar-refractivity contribution >= 4 is 0 Å². The highest BCUT2D eigenvalue weighted by Gasteiger charge is 2.03. The first-order chi connectivity index (χ1) is 5.97. The summed E-state index contributed by atoms with van der Waals surface area (Å²) in [6.07, 6.45) is 10.8. The maximum atomic E-state index is 4.08. The van der Waals surface area contributed by atoms with Gasteiger partial charge in [0.15, 0.2) is 0 Å². The molecule has 0 N–H and O–H groups in total. The van der Waals surface area contributed by atoms with Crippen molar-refractivity contribution in [2.75, 3.05) is 0 Å². The van der Waals surface area contributed by atoms with Gasteiger partial charge in [-0.1, -0.05) is 12.2 Å². The van der Waals surface area contributed by atoms with Gasteiger partial charge in [0.1, 0.15) is 12.2 Å². The number of allylic oxidation sites excluding steroid dienone is 2. The second kappa shape index (κ2) is 3.52. The van der Waals surface area contributed by atoms with Crippen LogP contribution in [0.5, 0.6) is 0 Å². The molecule has 0 bridgehead atoms. The molecule has 0 saturated carbocycles. The van der Waals surface area contributed by atoms with Gasteiger partial charge >= 0.3 is 0 Å². The summed E-state index contributed by atoms with van der Waals surface area (Å²) in [6.45, 7) is 1.06. The summed E-state index contributed by atoms with van der Waals surface area (Å²) in [7, 11) is 0. The lowest BCUT2D eigenvalue weighted by Gasteiger charge is -2.01. The zero-order chi connectivity index (χ0) is 8.23. The molecule has 0 amide bonds. The number of fused-ring (bicyclic) bond motifs is 1. The lowest BCUT2D eigenvalue weighted by molar-refractivity contribution is 0.621. The molecule has 3 heteroatoms. The average Bonchev–Trinajstić information content (AvgIpc) is 2.50. The quantitative estimate of drug-likeness (QED) is 0.543. The van der Waals surface area contributed by atoms with Crippen LogP contribution >= 0.6 is 0 Å². The van der Waals surface area contributed by atoms with Crippen LogP contribution in [0.3, 0.4) is 0 Å². The molecular weight excluding hydrogens is 150 g/mol. The van der Waals surface area contributed by atoms with Crippen LogP contribution in [0.25, 0.3) is 0 Å². The molecular formula is C9H13N3. The van der Waals surface area contributed by atoms with E-state index in [0.717, 1.165) is 25.2 Å². The van der Waals surface area contributed by atoms with Gasteiger partial charge in [-0.15, -0.1) is 10.2 Å². The van der Waals surface area contributed by atoms with Crippen LogP contribution in [0.2, 0.25) is 0 Å². The molecule has 1 aromatic heterocycles. The molecule has 0 aromatic carbocycles. The van der Waals surface area contributed by atoms with Gasteiger partial charge in [0.2, 0.25) is 0 Å². The first-order valence-electron chi connectivity index (χ1n) is 4.48. The fourth-order valence-corrected chi connectivity index (χ4v) is 1.49. The van der Waals surface area contributed by atoms with Gasteiger partial charge in [-0.25, -0.2) is 0 Å². The molecule has 0 atom stereocenters. The van der Waals surface area contributed by atoms with Crippen LogP contribution in [0, 0.1) is 0 Å². The molecule has 0 radical (unpaired) electrons. The Hall–Kier alpha value is -1.12. The average molecular weight is 163 g/mol.